The van der Waals surface area contributed by atoms with Crippen LogP contribution in [0.3, 0.4) is 0 Å². The van der Waals surface area contributed by atoms with Crippen molar-refractivity contribution >= 4 is 53.2 Å². The molecule has 0 atom stereocenters. The fraction of sp³-hybridized carbons (Fsp3) is 0. The minimum absolute atomic E-state index is 1.06. The molecule has 0 amide bonds. The molecule has 2 aromatic heterocycles. The van der Waals surface area contributed by atoms with Crippen molar-refractivity contribution in [2.75, 3.05) is 0 Å². The zero-order valence-electron chi connectivity index (χ0n) is 17.8. The van der Waals surface area contributed by atoms with Gasteiger partial charge in [-0.15, -0.1) is 11.3 Å². The fourth-order valence-electron chi connectivity index (χ4n) is 5.00. The number of benzene rings is 5. The number of rotatable bonds is 2. The Kier molecular flexibility index (Phi) is 4.08. The van der Waals surface area contributed by atoms with Gasteiger partial charge in [-0.25, -0.2) is 0 Å². The molecule has 2 heterocycles. The molecule has 33 heavy (non-hydrogen) atoms. The lowest BCUT2D eigenvalue weighted by molar-refractivity contribution is 1.43. The summed E-state index contributed by atoms with van der Waals surface area (Å²) in [6.45, 7) is 0. The van der Waals surface area contributed by atoms with Crippen molar-refractivity contribution in [1.29, 1.82) is 0 Å². The number of hydrogen-bond donors (Lipinski definition) is 0. The Hall–Kier alpha value is -4.01. The van der Waals surface area contributed by atoms with E-state index < -0.39 is 0 Å². The van der Waals surface area contributed by atoms with Crippen LogP contribution in [0.4, 0.5) is 0 Å². The van der Waals surface area contributed by atoms with Crippen LogP contribution in [0.25, 0.3) is 64.1 Å². The van der Waals surface area contributed by atoms with E-state index in [0.29, 0.717) is 0 Å². The summed E-state index contributed by atoms with van der Waals surface area (Å²) >= 11 is 1.87. The summed E-state index contributed by atoms with van der Waals surface area (Å²) in [5.41, 5.74) is 6.01. The lowest BCUT2D eigenvalue weighted by atomic mass is 9.90. The molecule has 5 aromatic carbocycles. The molecule has 7 aromatic rings. The maximum absolute atomic E-state index is 4.76. The zero-order chi connectivity index (χ0) is 21.8. The van der Waals surface area contributed by atoms with Crippen LogP contribution >= 0.6 is 11.3 Å². The topological polar surface area (TPSA) is 12.9 Å². The van der Waals surface area contributed by atoms with Gasteiger partial charge >= 0.3 is 0 Å². The summed E-state index contributed by atoms with van der Waals surface area (Å²) in [6, 6.07) is 39.4. The third-order valence-corrected chi connectivity index (χ3v) is 7.66. The number of nitrogens with zero attached hydrogens (tertiary/aromatic N) is 1. The first-order valence-electron chi connectivity index (χ1n) is 11.1. The van der Waals surface area contributed by atoms with Gasteiger partial charge in [-0.2, -0.15) is 0 Å². The smallest absolute Gasteiger partial charge is 0.0786 e. The highest BCUT2D eigenvalue weighted by atomic mass is 32.1. The molecule has 0 spiro atoms. The first-order valence-corrected chi connectivity index (χ1v) is 12.0. The van der Waals surface area contributed by atoms with Gasteiger partial charge < -0.3 is 0 Å². The monoisotopic (exact) mass is 437 g/mol. The second kappa shape index (κ2) is 7.26. The van der Waals surface area contributed by atoms with Crippen LogP contribution < -0.4 is 0 Å². The molecular formula is C31H19NS. The van der Waals surface area contributed by atoms with E-state index in [1.807, 2.05) is 23.6 Å². The van der Waals surface area contributed by atoms with Gasteiger partial charge in [0.15, 0.2) is 0 Å². The van der Waals surface area contributed by atoms with Crippen molar-refractivity contribution in [1.82, 2.24) is 4.98 Å². The highest BCUT2D eigenvalue weighted by Crippen LogP contribution is 2.41. The number of thiophene rings is 1. The van der Waals surface area contributed by atoms with Gasteiger partial charge in [0.05, 0.1) is 5.52 Å². The molecule has 154 valence electrons. The summed E-state index contributed by atoms with van der Waals surface area (Å²) in [4.78, 5) is 4.76. The van der Waals surface area contributed by atoms with Crippen molar-refractivity contribution in [3.05, 3.63) is 115 Å². The third-order valence-electron chi connectivity index (χ3n) is 6.52. The van der Waals surface area contributed by atoms with E-state index in [9.17, 15) is 0 Å². The van der Waals surface area contributed by atoms with E-state index in [-0.39, 0.29) is 0 Å². The van der Waals surface area contributed by atoms with Crippen molar-refractivity contribution in [2.45, 2.75) is 0 Å². The van der Waals surface area contributed by atoms with Crippen LogP contribution in [0.2, 0.25) is 0 Å². The maximum Gasteiger partial charge on any atom is 0.0786 e. The Morgan fingerprint density at radius 2 is 1.27 bits per heavy atom. The SMILES string of the molecule is c1ccc(-c2cccc3ccc4cccnc4c23)c(-c2ccc3c(c2)sc2ccccc23)c1. The summed E-state index contributed by atoms with van der Waals surface area (Å²) in [5.74, 6) is 0. The minimum atomic E-state index is 1.06. The lowest BCUT2D eigenvalue weighted by Crippen LogP contribution is -1.89. The van der Waals surface area contributed by atoms with Crippen LogP contribution in [0.1, 0.15) is 0 Å². The van der Waals surface area contributed by atoms with E-state index in [2.05, 4.69) is 103 Å². The molecule has 0 saturated heterocycles. The minimum Gasteiger partial charge on any atom is -0.256 e. The molecule has 0 radical (unpaired) electrons. The summed E-state index contributed by atoms with van der Waals surface area (Å²) in [7, 11) is 0. The Balaban J connectivity index is 1.51. The van der Waals surface area contributed by atoms with Crippen molar-refractivity contribution in [3.63, 3.8) is 0 Å². The molecule has 0 N–H and O–H groups in total. The van der Waals surface area contributed by atoms with Gasteiger partial charge in [0.25, 0.3) is 0 Å². The Bertz CT molecular complexity index is 1830. The van der Waals surface area contributed by atoms with Gasteiger partial charge in [-0.1, -0.05) is 91.0 Å². The van der Waals surface area contributed by atoms with E-state index >= 15 is 0 Å². The van der Waals surface area contributed by atoms with Crippen LogP contribution in [0.15, 0.2) is 115 Å². The number of pyridine rings is 1. The van der Waals surface area contributed by atoms with Gasteiger partial charge in [0, 0.05) is 37.1 Å². The van der Waals surface area contributed by atoms with E-state index in [4.69, 9.17) is 4.98 Å². The normalized spacial score (nSPS) is 11.6. The van der Waals surface area contributed by atoms with Crippen molar-refractivity contribution < 1.29 is 0 Å². The quantitative estimate of drug-likeness (QED) is 0.246. The maximum atomic E-state index is 4.76. The summed E-state index contributed by atoms with van der Waals surface area (Å²) in [6.07, 6.45) is 1.89. The van der Waals surface area contributed by atoms with Gasteiger partial charge in [0.2, 0.25) is 0 Å². The lowest BCUT2D eigenvalue weighted by Gasteiger charge is -2.14. The largest absolute Gasteiger partial charge is 0.256 e. The molecule has 0 unspecified atom stereocenters. The predicted molar refractivity (Wildman–Crippen MR) is 143 cm³/mol. The van der Waals surface area contributed by atoms with E-state index in [1.54, 1.807) is 0 Å². The second-order valence-electron chi connectivity index (χ2n) is 8.40. The highest BCUT2D eigenvalue weighted by Gasteiger charge is 2.14. The second-order valence-corrected chi connectivity index (χ2v) is 9.48. The summed E-state index contributed by atoms with van der Waals surface area (Å²) < 4.78 is 2.66. The van der Waals surface area contributed by atoms with Crippen LogP contribution in [0.5, 0.6) is 0 Å². The first-order chi connectivity index (χ1) is 16.4. The summed E-state index contributed by atoms with van der Waals surface area (Å²) in [5, 5.41) is 6.27. The first kappa shape index (κ1) is 18.6. The Morgan fingerprint density at radius 3 is 2.24 bits per heavy atom. The van der Waals surface area contributed by atoms with E-state index in [1.165, 1.54) is 58.6 Å². The molecule has 0 fully saturated rings. The van der Waals surface area contributed by atoms with Gasteiger partial charge in [-0.3, -0.25) is 4.98 Å². The number of hydrogen-bond acceptors (Lipinski definition) is 2. The molecule has 0 aliphatic carbocycles. The average molecular weight is 438 g/mol. The predicted octanol–water partition coefficient (Wildman–Crippen LogP) is 9.09. The zero-order valence-corrected chi connectivity index (χ0v) is 18.6. The Labute approximate surface area is 195 Å². The highest BCUT2D eigenvalue weighted by molar-refractivity contribution is 7.25. The Morgan fingerprint density at radius 1 is 0.515 bits per heavy atom. The molecule has 2 heteroatoms. The van der Waals surface area contributed by atoms with Gasteiger partial charge in [-0.05, 0) is 45.8 Å². The molecule has 0 aliphatic heterocycles. The third kappa shape index (κ3) is 2.88. The number of aromatic nitrogens is 1. The van der Waals surface area contributed by atoms with Crippen LogP contribution in [-0.4, -0.2) is 4.98 Å². The average Bonchev–Trinajstić information content (AvgIpc) is 3.26. The molecule has 0 bridgehead atoms. The van der Waals surface area contributed by atoms with Crippen molar-refractivity contribution in [3.8, 4) is 22.3 Å². The molecule has 0 saturated carbocycles. The van der Waals surface area contributed by atoms with E-state index in [0.717, 1.165) is 5.52 Å². The van der Waals surface area contributed by atoms with Crippen LogP contribution in [-0.2, 0) is 0 Å². The van der Waals surface area contributed by atoms with Crippen molar-refractivity contribution in [2.24, 2.45) is 0 Å². The molecule has 1 nitrogen and oxygen atoms in total. The molecule has 0 aliphatic rings. The molecular weight excluding hydrogens is 418 g/mol. The standard InChI is InChI=1S/C31H19NS/c1-2-10-24(27-12-5-7-20-14-15-21-8-6-18-32-31(21)30(20)27)23(9-1)22-16-17-26-25-11-3-4-13-28(25)33-29(26)19-22/h1-19H. The van der Waals surface area contributed by atoms with Gasteiger partial charge in [0.1, 0.15) is 0 Å². The van der Waals surface area contributed by atoms with Crippen LogP contribution in [0, 0.1) is 0 Å². The number of fused-ring (bicyclic) bond motifs is 6. The molecule has 7 rings (SSSR count). The fourth-order valence-corrected chi connectivity index (χ4v) is 6.15.